The highest BCUT2D eigenvalue weighted by Crippen LogP contribution is 2.51. The van der Waals surface area contributed by atoms with E-state index < -0.39 is 11.6 Å². The lowest BCUT2D eigenvalue weighted by Crippen LogP contribution is -2.71. The van der Waals surface area contributed by atoms with E-state index in [9.17, 15) is 4.79 Å². The topological polar surface area (TPSA) is 69.3 Å². The summed E-state index contributed by atoms with van der Waals surface area (Å²) in [6.07, 6.45) is 0. The van der Waals surface area contributed by atoms with E-state index >= 15 is 0 Å². The minimum absolute atomic E-state index is 0.298. The van der Waals surface area contributed by atoms with Gasteiger partial charge >= 0.3 is 5.97 Å². The molecular formula is C19H26N2O5S. The number of benzene rings is 1. The van der Waals surface area contributed by atoms with Gasteiger partial charge in [-0.05, 0) is 39.1 Å². The Morgan fingerprint density at radius 2 is 2.15 bits per heavy atom. The highest BCUT2D eigenvalue weighted by atomic mass is 32.1. The fraction of sp³-hybridized carbons (Fsp3) is 0.579. The van der Waals surface area contributed by atoms with Gasteiger partial charge in [0.2, 0.25) is 0 Å². The van der Waals surface area contributed by atoms with E-state index in [1.54, 1.807) is 14.0 Å². The van der Waals surface area contributed by atoms with Crippen LogP contribution in [0.1, 0.15) is 32.4 Å². The Bertz CT molecular complexity index is 728. The minimum atomic E-state index is -1.02. The van der Waals surface area contributed by atoms with Crippen LogP contribution in [0.5, 0.6) is 11.5 Å². The molecule has 0 radical (unpaired) electrons. The fourth-order valence-corrected chi connectivity index (χ4v) is 4.20. The molecule has 8 heteroatoms. The third kappa shape index (κ3) is 3.32. The Labute approximate surface area is 164 Å². The number of methoxy groups -OCH3 is 1. The van der Waals surface area contributed by atoms with Crippen molar-refractivity contribution in [2.24, 2.45) is 5.92 Å². The number of esters is 1. The highest BCUT2D eigenvalue weighted by Gasteiger charge is 2.59. The first-order valence-electron chi connectivity index (χ1n) is 9.16. The van der Waals surface area contributed by atoms with Gasteiger partial charge in [0.1, 0.15) is 5.92 Å². The summed E-state index contributed by atoms with van der Waals surface area (Å²) in [6, 6.07) is 5.32. The number of para-hydroxylation sites is 1. The van der Waals surface area contributed by atoms with Gasteiger partial charge in [-0.1, -0.05) is 12.1 Å². The van der Waals surface area contributed by atoms with Crippen LogP contribution in [0.15, 0.2) is 18.2 Å². The number of nitrogens with zero attached hydrogens (tertiary/aromatic N) is 1. The number of nitrogens with one attached hydrogen (secondary N) is 1. The molecule has 0 saturated carbocycles. The van der Waals surface area contributed by atoms with E-state index in [-0.39, 0.29) is 12.0 Å². The maximum atomic E-state index is 12.9. The second-order valence-corrected chi connectivity index (χ2v) is 6.95. The van der Waals surface area contributed by atoms with Crippen molar-refractivity contribution in [3.8, 4) is 11.5 Å². The molecule has 1 fully saturated rings. The lowest BCUT2D eigenvalue weighted by molar-refractivity contribution is -0.176. The van der Waals surface area contributed by atoms with E-state index in [0.29, 0.717) is 43.0 Å². The molecule has 0 aromatic heterocycles. The van der Waals surface area contributed by atoms with Crippen LogP contribution in [0, 0.1) is 5.92 Å². The molecule has 7 nitrogen and oxygen atoms in total. The van der Waals surface area contributed by atoms with E-state index in [1.807, 2.05) is 36.9 Å². The van der Waals surface area contributed by atoms with Crippen molar-refractivity contribution in [3.05, 3.63) is 23.8 Å². The quantitative estimate of drug-likeness (QED) is 0.558. The average Bonchev–Trinajstić information content (AvgIpc) is 2.62. The summed E-state index contributed by atoms with van der Waals surface area (Å²) in [4.78, 5) is 14.7. The van der Waals surface area contributed by atoms with Crippen molar-refractivity contribution >= 4 is 23.3 Å². The molecule has 1 aromatic rings. The predicted octanol–water partition coefficient (Wildman–Crippen LogP) is 2.25. The first kappa shape index (κ1) is 19.7. The van der Waals surface area contributed by atoms with Gasteiger partial charge in [0.25, 0.3) is 0 Å². The van der Waals surface area contributed by atoms with Gasteiger partial charge in [0.05, 0.1) is 25.9 Å². The zero-order valence-electron chi connectivity index (χ0n) is 16.1. The Morgan fingerprint density at radius 1 is 1.37 bits per heavy atom. The Hall–Kier alpha value is -2.06. The summed E-state index contributed by atoms with van der Waals surface area (Å²) in [5, 5.41) is 3.83. The Balaban J connectivity index is 2.12. The summed E-state index contributed by atoms with van der Waals surface area (Å²) in [7, 11) is 1.62. The first-order chi connectivity index (χ1) is 13.0. The molecule has 2 heterocycles. The summed E-state index contributed by atoms with van der Waals surface area (Å²) in [5.74, 6) is 0.361. The van der Waals surface area contributed by atoms with Crippen LogP contribution in [-0.2, 0) is 14.3 Å². The Morgan fingerprint density at radius 3 is 2.81 bits per heavy atom. The number of hydrogen-bond acceptors (Lipinski definition) is 6. The normalized spacial score (nSPS) is 25.9. The lowest BCUT2D eigenvalue weighted by atomic mass is 9.79. The number of carbonyl (C=O) groups is 1. The number of hydrogen-bond donors (Lipinski definition) is 1. The van der Waals surface area contributed by atoms with Crippen molar-refractivity contribution in [1.29, 1.82) is 0 Å². The summed E-state index contributed by atoms with van der Waals surface area (Å²) >= 11 is 5.58. The molecule has 3 rings (SSSR count). The van der Waals surface area contributed by atoms with E-state index in [1.165, 1.54) is 0 Å². The molecule has 1 saturated heterocycles. The van der Waals surface area contributed by atoms with Gasteiger partial charge < -0.3 is 29.2 Å². The molecule has 2 aliphatic rings. The summed E-state index contributed by atoms with van der Waals surface area (Å²) in [6.45, 7) is 7.32. The number of ether oxygens (including phenoxy) is 4. The molecular weight excluding hydrogens is 368 g/mol. The predicted molar refractivity (Wildman–Crippen MR) is 104 cm³/mol. The lowest BCUT2D eigenvalue weighted by Gasteiger charge is -2.55. The Kier molecular flexibility index (Phi) is 5.76. The molecule has 27 heavy (non-hydrogen) atoms. The monoisotopic (exact) mass is 394 g/mol. The van der Waals surface area contributed by atoms with Crippen LogP contribution < -0.4 is 14.8 Å². The third-order valence-electron chi connectivity index (χ3n) is 4.98. The number of rotatable bonds is 7. The maximum absolute atomic E-state index is 12.9. The van der Waals surface area contributed by atoms with E-state index in [4.69, 9.17) is 31.2 Å². The van der Waals surface area contributed by atoms with Gasteiger partial charge in [0.15, 0.2) is 22.3 Å². The van der Waals surface area contributed by atoms with Crippen LogP contribution in [0.4, 0.5) is 0 Å². The van der Waals surface area contributed by atoms with Gasteiger partial charge in [0, 0.05) is 19.2 Å². The van der Waals surface area contributed by atoms with Gasteiger partial charge in [-0.2, -0.15) is 0 Å². The molecule has 2 aliphatic heterocycles. The average molecular weight is 394 g/mol. The molecule has 0 aliphatic carbocycles. The zero-order valence-corrected chi connectivity index (χ0v) is 16.9. The standard InChI is InChI=1S/C19H26N2O5S/c1-5-24-13-9-7-8-12-15-14(17(22)25-6-2)19(3,26-16(12)13)21(10-11-23-4)18(27)20-15/h7-9,14-15H,5-6,10-11H2,1-4H3,(H,20,27)/t14-,15-,19+/m1/s1. The molecule has 2 bridgehead atoms. The fourth-order valence-electron chi connectivity index (χ4n) is 3.80. The van der Waals surface area contributed by atoms with Crippen molar-refractivity contribution < 1.29 is 23.7 Å². The number of fused-ring (bicyclic) bond motifs is 4. The number of carbonyl (C=O) groups excluding carboxylic acids is 1. The van der Waals surface area contributed by atoms with Crippen LogP contribution in [-0.4, -0.2) is 55.2 Å². The first-order valence-corrected chi connectivity index (χ1v) is 9.57. The van der Waals surface area contributed by atoms with Crippen LogP contribution in [0.25, 0.3) is 0 Å². The largest absolute Gasteiger partial charge is 0.490 e. The van der Waals surface area contributed by atoms with Crippen molar-refractivity contribution in [2.75, 3.05) is 33.5 Å². The van der Waals surface area contributed by atoms with E-state index in [0.717, 1.165) is 5.56 Å². The van der Waals surface area contributed by atoms with Gasteiger partial charge in [-0.15, -0.1) is 0 Å². The minimum Gasteiger partial charge on any atom is -0.490 e. The highest BCUT2D eigenvalue weighted by molar-refractivity contribution is 7.80. The van der Waals surface area contributed by atoms with Crippen LogP contribution in [0.2, 0.25) is 0 Å². The smallest absolute Gasteiger partial charge is 0.317 e. The third-order valence-corrected chi connectivity index (χ3v) is 5.32. The molecule has 0 unspecified atom stereocenters. The molecule has 1 aromatic carbocycles. The van der Waals surface area contributed by atoms with Gasteiger partial charge in [-0.3, -0.25) is 4.79 Å². The molecule has 3 atom stereocenters. The number of thiocarbonyl (C=S) groups is 1. The maximum Gasteiger partial charge on any atom is 0.317 e. The molecule has 0 spiro atoms. The summed E-state index contributed by atoms with van der Waals surface area (Å²) < 4.78 is 22.8. The summed E-state index contributed by atoms with van der Waals surface area (Å²) in [5.41, 5.74) is -0.178. The molecule has 148 valence electrons. The van der Waals surface area contributed by atoms with Crippen molar-refractivity contribution in [2.45, 2.75) is 32.5 Å². The zero-order chi connectivity index (χ0) is 19.6. The SMILES string of the molecule is CCOC(=O)[C@H]1[C@@H]2NC(=S)N(CCOC)[C@@]1(C)Oc1c(OCC)cccc12. The molecule has 0 amide bonds. The second kappa shape index (κ2) is 7.90. The van der Waals surface area contributed by atoms with Gasteiger partial charge in [-0.25, -0.2) is 0 Å². The van der Waals surface area contributed by atoms with Crippen LogP contribution in [0.3, 0.4) is 0 Å². The van der Waals surface area contributed by atoms with Crippen LogP contribution >= 0.6 is 12.2 Å². The molecule has 1 N–H and O–H groups in total. The van der Waals surface area contributed by atoms with Crippen molar-refractivity contribution in [3.63, 3.8) is 0 Å². The van der Waals surface area contributed by atoms with E-state index in [2.05, 4.69) is 5.32 Å². The second-order valence-electron chi connectivity index (χ2n) is 6.57. The van der Waals surface area contributed by atoms with Crippen molar-refractivity contribution in [1.82, 2.24) is 10.2 Å².